The first-order valence-corrected chi connectivity index (χ1v) is 10.5. The minimum Gasteiger partial charge on any atom is -0.497 e. The molecule has 1 aliphatic heterocycles. The molecular weight excluding hydrogens is 543 g/mol. The quantitative estimate of drug-likeness (QED) is 0.295. The second-order valence-electron chi connectivity index (χ2n) is 7.06. The number of ether oxygens (including phenoxy) is 1. The summed E-state index contributed by atoms with van der Waals surface area (Å²) in [5.74, 6) is 2.39. The first-order chi connectivity index (χ1) is 13.7. The fraction of sp³-hybridized carbons (Fsp3) is 0.409. The van der Waals surface area contributed by atoms with Gasteiger partial charge in [0.25, 0.3) is 0 Å². The molecule has 2 aromatic rings. The Balaban J connectivity index is 0.00000300. The van der Waals surface area contributed by atoms with Gasteiger partial charge in [-0.3, -0.25) is 4.99 Å². The number of benzene rings is 2. The van der Waals surface area contributed by atoms with Gasteiger partial charge in [0.05, 0.1) is 7.11 Å². The number of hydrogen-bond donors (Lipinski definition) is 2. The Bertz CT molecular complexity index is 767. The number of nitrogens with zero attached hydrogens (tertiary/aromatic N) is 2. The van der Waals surface area contributed by atoms with Crippen LogP contribution in [0, 0.1) is 5.92 Å². The topological polar surface area (TPSA) is 48.9 Å². The van der Waals surface area contributed by atoms with Crippen LogP contribution in [0.1, 0.15) is 12.0 Å². The summed E-state index contributed by atoms with van der Waals surface area (Å²) in [6.45, 7) is 3.98. The molecule has 1 saturated heterocycles. The predicted octanol–water partition coefficient (Wildman–Crippen LogP) is 4.31. The molecule has 1 heterocycles. The molecular formula is C22H30BrIN4O. The summed E-state index contributed by atoms with van der Waals surface area (Å²) in [5.41, 5.74) is 2.58. The number of aliphatic imine (C=N–C) groups is 1. The summed E-state index contributed by atoms with van der Waals surface area (Å²) < 4.78 is 6.32. The highest BCUT2D eigenvalue weighted by Crippen LogP contribution is 2.24. The van der Waals surface area contributed by atoms with Crippen molar-refractivity contribution in [1.82, 2.24) is 10.6 Å². The van der Waals surface area contributed by atoms with Gasteiger partial charge in [0.15, 0.2) is 5.96 Å². The molecule has 0 aromatic heterocycles. The molecule has 7 heteroatoms. The van der Waals surface area contributed by atoms with E-state index in [1.165, 1.54) is 17.7 Å². The minimum atomic E-state index is 0. The summed E-state index contributed by atoms with van der Waals surface area (Å²) >= 11 is 3.50. The first kappa shape index (κ1) is 23.8. The molecule has 0 amide bonds. The minimum absolute atomic E-state index is 0. The number of nitrogens with one attached hydrogen (secondary N) is 2. The Morgan fingerprint density at radius 3 is 2.52 bits per heavy atom. The van der Waals surface area contributed by atoms with Crippen LogP contribution in [0.15, 0.2) is 58.0 Å². The van der Waals surface area contributed by atoms with Gasteiger partial charge in [0.2, 0.25) is 0 Å². The summed E-state index contributed by atoms with van der Waals surface area (Å²) in [7, 11) is 3.51. The lowest BCUT2D eigenvalue weighted by Gasteiger charge is -2.19. The van der Waals surface area contributed by atoms with Crippen molar-refractivity contribution in [2.24, 2.45) is 10.9 Å². The largest absolute Gasteiger partial charge is 0.497 e. The Labute approximate surface area is 199 Å². The molecule has 158 valence electrons. The summed E-state index contributed by atoms with van der Waals surface area (Å²) in [6, 6.07) is 16.8. The van der Waals surface area contributed by atoms with Crippen LogP contribution in [0.25, 0.3) is 0 Å². The van der Waals surface area contributed by atoms with Crippen molar-refractivity contribution in [3.8, 4) is 5.75 Å². The van der Waals surface area contributed by atoms with E-state index in [0.717, 1.165) is 48.8 Å². The van der Waals surface area contributed by atoms with Crippen molar-refractivity contribution < 1.29 is 4.74 Å². The third-order valence-corrected chi connectivity index (χ3v) is 5.65. The molecule has 3 rings (SSSR count). The van der Waals surface area contributed by atoms with Crippen molar-refractivity contribution in [3.05, 3.63) is 58.6 Å². The molecule has 1 atom stereocenters. The second-order valence-corrected chi connectivity index (χ2v) is 7.97. The number of anilines is 1. The molecule has 1 unspecified atom stereocenters. The maximum absolute atomic E-state index is 5.20. The van der Waals surface area contributed by atoms with Crippen molar-refractivity contribution in [1.29, 1.82) is 0 Å². The lowest BCUT2D eigenvalue weighted by Crippen LogP contribution is -2.41. The third-order valence-electron chi connectivity index (χ3n) is 5.12. The lowest BCUT2D eigenvalue weighted by molar-refractivity contribution is 0.414. The van der Waals surface area contributed by atoms with Gasteiger partial charge in [-0.25, -0.2) is 0 Å². The van der Waals surface area contributed by atoms with E-state index in [4.69, 9.17) is 4.74 Å². The van der Waals surface area contributed by atoms with E-state index in [9.17, 15) is 0 Å². The van der Waals surface area contributed by atoms with Crippen LogP contribution in [0.5, 0.6) is 5.75 Å². The molecule has 1 aliphatic rings. The predicted molar refractivity (Wildman–Crippen MR) is 136 cm³/mol. The van der Waals surface area contributed by atoms with Gasteiger partial charge in [-0.2, -0.15) is 0 Å². The van der Waals surface area contributed by atoms with Crippen molar-refractivity contribution in [3.63, 3.8) is 0 Å². The first-order valence-electron chi connectivity index (χ1n) is 9.76. The van der Waals surface area contributed by atoms with Gasteiger partial charge in [-0.1, -0.05) is 28.1 Å². The molecule has 1 fully saturated rings. The van der Waals surface area contributed by atoms with Gasteiger partial charge in [0, 0.05) is 43.4 Å². The second kappa shape index (κ2) is 12.3. The van der Waals surface area contributed by atoms with Crippen LogP contribution in [-0.4, -0.2) is 46.3 Å². The van der Waals surface area contributed by atoms with Crippen LogP contribution in [0.3, 0.4) is 0 Å². The van der Waals surface area contributed by atoms with E-state index in [1.54, 1.807) is 7.11 Å². The van der Waals surface area contributed by atoms with E-state index in [0.29, 0.717) is 5.92 Å². The van der Waals surface area contributed by atoms with E-state index in [1.807, 2.05) is 19.2 Å². The van der Waals surface area contributed by atoms with Gasteiger partial charge < -0.3 is 20.3 Å². The van der Waals surface area contributed by atoms with Crippen LogP contribution in [0.2, 0.25) is 0 Å². The molecule has 0 aliphatic carbocycles. The van der Waals surface area contributed by atoms with Crippen molar-refractivity contribution >= 4 is 51.6 Å². The number of methoxy groups -OCH3 is 1. The van der Waals surface area contributed by atoms with E-state index in [-0.39, 0.29) is 24.0 Å². The maximum Gasteiger partial charge on any atom is 0.190 e. The Kier molecular flexibility index (Phi) is 10.1. The van der Waals surface area contributed by atoms with Gasteiger partial charge in [-0.15, -0.1) is 24.0 Å². The van der Waals surface area contributed by atoms with Crippen molar-refractivity contribution in [2.45, 2.75) is 12.8 Å². The smallest absolute Gasteiger partial charge is 0.190 e. The average molecular weight is 573 g/mol. The Morgan fingerprint density at radius 1 is 1.14 bits per heavy atom. The van der Waals surface area contributed by atoms with Crippen LogP contribution in [-0.2, 0) is 6.42 Å². The Morgan fingerprint density at radius 2 is 1.86 bits per heavy atom. The fourth-order valence-electron chi connectivity index (χ4n) is 3.46. The van der Waals surface area contributed by atoms with Crippen LogP contribution >= 0.6 is 39.9 Å². The van der Waals surface area contributed by atoms with Crippen LogP contribution < -0.4 is 20.3 Å². The van der Waals surface area contributed by atoms with E-state index < -0.39 is 0 Å². The number of halogens is 2. The van der Waals surface area contributed by atoms with Gasteiger partial charge in [-0.05, 0) is 60.7 Å². The maximum atomic E-state index is 5.20. The Hall–Kier alpha value is -1.48. The highest BCUT2D eigenvalue weighted by Gasteiger charge is 2.22. The number of guanidine groups is 1. The zero-order valence-corrected chi connectivity index (χ0v) is 20.9. The zero-order valence-electron chi connectivity index (χ0n) is 17.0. The normalized spacial score (nSPS) is 16.3. The lowest BCUT2D eigenvalue weighted by atomic mass is 10.1. The SMILES string of the molecule is CN=C(NCCc1ccc(OC)cc1)NCC1CCN(c2ccc(Br)cc2)C1.I. The summed E-state index contributed by atoms with van der Waals surface area (Å²) in [5, 5.41) is 6.89. The third kappa shape index (κ3) is 7.37. The van der Waals surface area contributed by atoms with E-state index >= 15 is 0 Å². The number of rotatable bonds is 7. The molecule has 2 aromatic carbocycles. The standard InChI is InChI=1S/C22H29BrN4O.HI/c1-24-22(25-13-11-17-3-9-21(28-2)10-4-17)26-15-18-12-14-27(16-18)20-7-5-19(23)6-8-20;/h3-10,18H,11-16H2,1-2H3,(H2,24,25,26);1H. The highest BCUT2D eigenvalue weighted by atomic mass is 127. The van der Waals surface area contributed by atoms with Gasteiger partial charge >= 0.3 is 0 Å². The molecule has 2 N–H and O–H groups in total. The molecule has 0 radical (unpaired) electrons. The number of hydrogen-bond acceptors (Lipinski definition) is 3. The molecule has 0 spiro atoms. The van der Waals surface area contributed by atoms with Gasteiger partial charge in [0.1, 0.15) is 5.75 Å². The summed E-state index contributed by atoms with van der Waals surface area (Å²) in [4.78, 5) is 6.81. The molecule has 0 saturated carbocycles. The monoisotopic (exact) mass is 572 g/mol. The highest BCUT2D eigenvalue weighted by molar-refractivity contribution is 14.0. The van der Waals surface area contributed by atoms with E-state index in [2.05, 4.69) is 72.9 Å². The zero-order chi connectivity index (χ0) is 19.8. The summed E-state index contributed by atoms with van der Waals surface area (Å²) in [6.07, 6.45) is 2.15. The molecule has 5 nitrogen and oxygen atoms in total. The van der Waals surface area contributed by atoms with Crippen molar-refractivity contribution in [2.75, 3.05) is 45.2 Å². The average Bonchev–Trinajstić information content (AvgIpc) is 3.20. The van der Waals surface area contributed by atoms with Crippen LogP contribution in [0.4, 0.5) is 5.69 Å². The molecule has 29 heavy (non-hydrogen) atoms. The fourth-order valence-corrected chi connectivity index (χ4v) is 3.73. The molecule has 0 bridgehead atoms.